The lowest BCUT2D eigenvalue weighted by Gasteiger charge is -2.51. The van der Waals surface area contributed by atoms with E-state index in [2.05, 4.69) is 0 Å². The molecule has 0 aromatic rings. The van der Waals surface area contributed by atoms with Crippen LogP contribution in [-0.4, -0.2) is 479 Å². The van der Waals surface area contributed by atoms with Crippen molar-refractivity contribution in [3.8, 4) is 0 Å². The lowest BCUT2D eigenvalue weighted by atomic mass is 9.94. The highest BCUT2D eigenvalue weighted by atomic mass is 16.8. The second-order valence-electron chi connectivity index (χ2n) is 31.1. The minimum absolute atomic E-state index is 0.0552. The van der Waals surface area contributed by atoms with Crippen molar-refractivity contribution in [1.82, 2.24) is 0 Å². The number of ether oxygens (including phenoxy) is 25. The van der Waals surface area contributed by atoms with Gasteiger partial charge in [-0.1, -0.05) is 6.92 Å². The first kappa shape index (κ1) is 98.0. The Morgan fingerprint density at radius 3 is 0.793 bits per heavy atom. The zero-order valence-electron chi connectivity index (χ0n) is 66.7. The Bertz CT molecular complexity index is 2740. The molecule has 0 aliphatic carbocycles. The van der Waals surface area contributed by atoms with Gasteiger partial charge in [0.15, 0.2) is 50.3 Å². The summed E-state index contributed by atoms with van der Waals surface area (Å²) in [6.07, 6.45) is -75.7. The first-order chi connectivity index (χ1) is 55.3. The molecule has 44 heteroatoms. The van der Waals surface area contributed by atoms with Crippen LogP contribution in [0.3, 0.4) is 0 Å². The molecule has 0 saturated carbocycles. The smallest absolute Gasteiger partial charge is 0.187 e. The fraction of sp³-hybridized carbons (Fsp3) is 1.00. The van der Waals surface area contributed by atoms with Crippen molar-refractivity contribution in [1.29, 1.82) is 0 Å². The van der Waals surface area contributed by atoms with Crippen molar-refractivity contribution in [3.05, 3.63) is 0 Å². The van der Waals surface area contributed by atoms with Gasteiger partial charge in [-0.25, -0.2) is 0 Å². The van der Waals surface area contributed by atoms with Gasteiger partial charge in [0.2, 0.25) is 0 Å². The molecule has 44 nitrogen and oxygen atoms in total. The third-order valence-electron chi connectivity index (χ3n) is 20.7. The van der Waals surface area contributed by atoms with Crippen LogP contribution in [0.2, 0.25) is 0 Å². The summed E-state index contributed by atoms with van der Waals surface area (Å²) < 4.78 is 158. The molecule has 0 spiro atoms. The zero-order valence-corrected chi connectivity index (χ0v) is 66.7. The van der Waals surface area contributed by atoms with Gasteiger partial charge in [0.1, 0.15) is 165 Å². The van der Waals surface area contributed by atoms with Crippen molar-refractivity contribution < 1.29 is 215 Å². The Morgan fingerprint density at radius 1 is 0.267 bits per heavy atom. The lowest BCUT2D eigenvalue weighted by molar-refractivity contribution is -0.403. The Hall–Kier alpha value is -1.76. The van der Waals surface area contributed by atoms with Crippen molar-refractivity contribution in [2.75, 3.05) is 106 Å². The second-order valence-corrected chi connectivity index (χ2v) is 31.1. The first-order valence-corrected chi connectivity index (χ1v) is 39.7. The lowest BCUT2D eigenvalue weighted by Crippen LogP contribution is -2.69. The van der Waals surface area contributed by atoms with E-state index < -0.39 is 369 Å². The van der Waals surface area contributed by atoms with E-state index in [0.717, 1.165) is 0 Å². The second kappa shape index (κ2) is 46.5. The van der Waals surface area contributed by atoms with Gasteiger partial charge < -0.3 is 215 Å². The minimum Gasteiger partial charge on any atom is -0.394 e. The third kappa shape index (κ3) is 25.3. The van der Waals surface area contributed by atoms with Gasteiger partial charge in [0, 0.05) is 0 Å². The molecule has 116 heavy (non-hydrogen) atoms. The Morgan fingerprint density at radius 2 is 0.509 bits per heavy atom. The van der Waals surface area contributed by atoms with E-state index in [9.17, 15) is 97.0 Å². The van der Waals surface area contributed by atoms with Crippen molar-refractivity contribution >= 4 is 0 Å². The van der Waals surface area contributed by atoms with Gasteiger partial charge in [0.25, 0.3) is 0 Å². The highest BCUT2D eigenvalue weighted by Gasteiger charge is 2.62. The predicted molar refractivity (Wildman–Crippen MR) is 379 cm³/mol. The summed E-state index contributed by atoms with van der Waals surface area (Å²) >= 11 is 0. The molecule has 0 aromatic heterocycles. The van der Waals surface area contributed by atoms with E-state index in [1.165, 1.54) is 41.5 Å². The number of hydrogen-bond donors (Lipinski definition) is 19. The van der Waals surface area contributed by atoms with Crippen LogP contribution in [0.25, 0.3) is 0 Å². The molecule has 19 N–H and O–H groups in total. The maximum Gasteiger partial charge on any atom is 0.187 e. The van der Waals surface area contributed by atoms with Crippen molar-refractivity contribution in [2.45, 2.75) is 352 Å². The van der Waals surface area contributed by atoms with Gasteiger partial charge in [-0.2, -0.15) is 0 Å². The predicted octanol–water partition coefficient (Wildman–Crippen LogP) is -9.79. The summed E-state index contributed by atoms with van der Waals surface area (Å²) in [7, 11) is 0. The highest BCUT2D eigenvalue weighted by Crippen LogP contribution is 2.42. The molecule has 16 bridgehead atoms. The number of hydrogen-bond acceptors (Lipinski definition) is 44. The molecule has 680 valence electrons. The molecule has 45 unspecified atom stereocenters. The Kier molecular flexibility index (Phi) is 39.3. The van der Waals surface area contributed by atoms with Crippen LogP contribution >= 0.6 is 0 Å². The molecule has 0 amide bonds. The highest BCUT2D eigenvalue weighted by molar-refractivity contribution is 5.04. The SMILES string of the molecule is CCC1OC2OC3C(CO)OC(OC4C(CO)OC(OC5C(CO)OC6OC7C(CO)OC(OC8C(CO)OC(OC9C(CO)OC(OC1C(O)C2OCC(C)O)C(OCC(C)O)C9O)C(OCC(C)O)C8O)C(OCC(C)OCC(O)OC(C)COC(C)COC6C5O)C7O)C(OCC(C)O)C4O)C(OCC(C)OCC(C)O)C3O. The number of aliphatic hydroxyl groups excluding tert-OH is 19. The van der Waals surface area contributed by atoms with E-state index in [0.29, 0.717) is 0 Å². The molecule has 21 saturated heterocycles. The Balaban J connectivity index is 1.17. The third-order valence-corrected chi connectivity index (χ3v) is 20.7. The topological polar surface area (TPSA) is 615 Å². The van der Waals surface area contributed by atoms with Crippen LogP contribution in [0.5, 0.6) is 0 Å². The molecule has 45 atom stereocenters. The maximum absolute atomic E-state index is 12.9. The summed E-state index contributed by atoms with van der Waals surface area (Å²) in [6.45, 7) is 4.27. The largest absolute Gasteiger partial charge is 0.394 e. The Labute approximate surface area is 671 Å². The van der Waals surface area contributed by atoms with Gasteiger partial charge in [-0.15, -0.1) is 0 Å². The van der Waals surface area contributed by atoms with E-state index in [1.807, 2.05) is 0 Å². The van der Waals surface area contributed by atoms with Crippen LogP contribution in [0.15, 0.2) is 0 Å². The molecule has 21 fully saturated rings. The van der Waals surface area contributed by atoms with Gasteiger partial charge >= 0.3 is 0 Å². The molecule has 21 heterocycles. The fourth-order valence-electron chi connectivity index (χ4n) is 14.8. The number of aliphatic hydroxyl groups is 19. The summed E-state index contributed by atoms with van der Waals surface area (Å²) in [6, 6.07) is 0. The summed E-state index contributed by atoms with van der Waals surface area (Å²) in [4.78, 5) is 0. The van der Waals surface area contributed by atoms with Crippen LogP contribution in [-0.2, 0) is 118 Å². The van der Waals surface area contributed by atoms with Crippen molar-refractivity contribution in [2.24, 2.45) is 0 Å². The zero-order chi connectivity index (χ0) is 84.7. The normalized spacial score (nSPS) is 46.6. The molecular weight excluding hydrogens is 1570 g/mol. The standard InChI is InChI=1S/C72H128O44/c1-11-37-52-45(85)59(95-19-29(3)80)66(103-37)111-56-41(15-76)107-70(63(49(56)89)99-23-33(7)92-18-28(2)79)114-54-40(14-75)106-69(62(48(54)88)98-22-32(6)83)113-57-42(16-77)108-71-64(50(57)90)100-24-34(8)93-26-36(10)102-44(84)27-94-35(9)25-101-65-51(91)58(116-71)43(17-78)109-72(65)115-55-39(13-74)105-68(61(47(55)87)97-21-31(5)82)112-53-38(12-73)104-67(110-52)60(46(53)86)96-20-30(4)81/h28-91H,11-27H2,1-10H3. The quantitative estimate of drug-likeness (QED) is 0.0404. The fourth-order valence-corrected chi connectivity index (χ4v) is 14.8. The van der Waals surface area contributed by atoms with Crippen LogP contribution < -0.4 is 0 Å². The van der Waals surface area contributed by atoms with E-state index in [-0.39, 0.29) is 19.6 Å². The first-order valence-electron chi connectivity index (χ1n) is 39.7. The van der Waals surface area contributed by atoms with Gasteiger partial charge in [-0.3, -0.25) is 0 Å². The molecular formula is C72H128O44. The van der Waals surface area contributed by atoms with E-state index in [4.69, 9.17) is 118 Å². The van der Waals surface area contributed by atoms with Crippen molar-refractivity contribution in [3.63, 3.8) is 0 Å². The summed E-state index contributed by atoms with van der Waals surface area (Å²) in [5.74, 6) is 0. The van der Waals surface area contributed by atoms with Crippen LogP contribution in [0.1, 0.15) is 75.7 Å². The summed E-state index contributed by atoms with van der Waals surface area (Å²) in [5.41, 5.74) is 0. The summed E-state index contributed by atoms with van der Waals surface area (Å²) in [5, 5.41) is 221. The minimum atomic E-state index is -2.07. The average molecular weight is 1700 g/mol. The van der Waals surface area contributed by atoms with Crippen LogP contribution in [0, 0.1) is 0 Å². The van der Waals surface area contributed by atoms with Gasteiger partial charge in [0.05, 0.1) is 167 Å². The number of rotatable bonds is 25. The van der Waals surface area contributed by atoms with Crippen LogP contribution in [0.4, 0.5) is 0 Å². The molecule has 21 aliphatic rings. The monoisotopic (exact) mass is 1700 g/mol. The average Bonchev–Trinajstić information content (AvgIpc) is 0.775. The molecule has 0 aromatic carbocycles. The van der Waals surface area contributed by atoms with E-state index >= 15 is 0 Å². The maximum atomic E-state index is 12.9. The molecule has 0 radical (unpaired) electrons. The van der Waals surface area contributed by atoms with E-state index in [1.54, 1.807) is 27.7 Å². The molecule has 21 rings (SSSR count). The van der Waals surface area contributed by atoms with Gasteiger partial charge in [-0.05, 0) is 68.7 Å². The molecule has 21 aliphatic heterocycles.